The van der Waals surface area contributed by atoms with Crippen molar-refractivity contribution in [2.75, 3.05) is 19.0 Å². The SMILES string of the molecule is CN(C)c1ccc(/C=C/C(=O)c2ccc3c(c2)CCC(C)(C)O3)cc1. The van der Waals surface area contributed by atoms with Crippen LogP contribution in [0.25, 0.3) is 6.08 Å². The second kappa shape index (κ2) is 6.75. The van der Waals surface area contributed by atoms with E-state index >= 15 is 0 Å². The Morgan fingerprint density at radius 3 is 2.52 bits per heavy atom. The summed E-state index contributed by atoms with van der Waals surface area (Å²) in [5, 5.41) is 0. The van der Waals surface area contributed by atoms with Gasteiger partial charge in [-0.3, -0.25) is 4.79 Å². The molecule has 0 aromatic heterocycles. The van der Waals surface area contributed by atoms with Gasteiger partial charge in [-0.05, 0) is 74.2 Å². The van der Waals surface area contributed by atoms with Gasteiger partial charge in [-0.2, -0.15) is 0 Å². The molecule has 3 heteroatoms. The van der Waals surface area contributed by atoms with Crippen LogP contribution in [0.2, 0.25) is 0 Å². The van der Waals surface area contributed by atoms with E-state index in [0.29, 0.717) is 5.56 Å². The number of fused-ring (bicyclic) bond motifs is 1. The number of carbonyl (C=O) groups is 1. The Labute approximate surface area is 149 Å². The van der Waals surface area contributed by atoms with Crippen molar-refractivity contribution < 1.29 is 9.53 Å². The Morgan fingerprint density at radius 1 is 1.12 bits per heavy atom. The van der Waals surface area contributed by atoms with Crippen molar-refractivity contribution >= 4 is 17.5 Å². The highest BCUT2D eigenvalue weighted by Crippen LogP contribution is 2.33. The molecule has 2 aromatic rings. The molecule has 0 bridgehead atoms. The number of ketones is 1. The van der Waals surface area contributed by atoms with Crippen molar-refractivity contribution in [2.45, 2.75) is 32.3 Å². The lowest BCUT2D eigenvalue weighted by molar-refractivity contribution is 0.0846. The number of aryl methyl sites for hydroxylation is 1. The summed E-state index contributed by atoms with van der Waals surface area (Å²) in [6, 6.07) is 13.9. The third-order valence-electron chi connectivity index (χ3n) is 4.56. The molecule has 3 nitrogen and oxygen atoms in total. The average molecular weight is 335 g/mol. The van der Waals surface area contributed by atoms with Gasteiger partial charge in [-0.15, -0.1) is 0 Å². The highest BCUT2D eigenvalue weighted by Gasteiger charge is 2.26. The first-order valence-electron chi connectivity index (χ1n) is 8.66. The minimum absolute atomic E-state index is 0.0179. The lowest BCUT2D eigenvalue weighted by Gasteiger charge is -2.32. The van der Waals surface area contributed by atoms with Crippen LogP contribution in [-0.2, 0) is 6.42 Å². The van der Waals surface area contributed by atoms with Crippen molar-refractivity contribution in [3.63, 3.8) is 0 Å². The van der Waals surface area contributed by atoms with Crippen LogP contribution in [-0.4, -0.2) is 25.5 Å². The Bertz CT molecular complexity index is 801. The largest absolute Gasteiger partial charge is 0.488 e. The van der Waals surface area contributed by atoms with Crippen LogP contribution in [0.4, 0.5) is 5.69 Å². The molecule has 0 spiro atoms. The van der Waals surface area contributed by atoms with Gasteiger partial charge in [0.05, 0.1) is 0 Å². The standard InChI is InChI=1S/C22H25NO2/c1-22(2)14-13-18-15-17(8-12-21(18)25-22)20(24)11-7-16-5-9-19(10-6-16)23(3)4/h5-12,15H,13-14H2,1-4H3/b11-7+. The zero-order chi connectivity index (χ0) is 18.0. The van der Waals surface area contributed by atoms with Crippen LogP contribution in [0, 0.1) is 0 Å². The number of carbonyl (C=O) groups excluding carboxylic acids is 1. The summed E-state index contributed by atoms with van der Waals surface area (Å²) in [6.45, 7) is 4.19. The van der Waals surface area contributed by atoms with Crippen LogP contribution in [0.1, 0.15) is 41.8 Å². The lowest BCUT2D eigenvalue weighted by atomic mass is 9.93. The number of benzene rings is 2. The first-order chi connectivity index (χ1) is 11.8. The van der Waals surface area contributed by atoms with E-state index in [-0.39, 0.29) is 11.4 Å². The van der Waals surface area contributed by atoms with Crippen molar-refractivity contribution in [1.29, 1.82) is 0 Å². The summed E-state index contributed by atoms with van der Waals surface area (Å²) < 4.78 is 5.98. The maximum atomic E-state index is 12.5. The Morgan fingerprint density at radius 2 is 1.84 bits per heavy atom. The molecule has 0 unspecified atom stereocenters. The minimum atomic E-state index is -0.128. The lowest BCUT2D eigenvalue weighted by Crippen LogP contribution is -2.32. The van der Waals surface area contributed by atoms with Gasteiger partial charge < -0.3 is 9.64 Å². The molecule has 0 atom stereocenters. The van der Waals surface area contributed by atoms with Gasteiger partial charge in [-0.1, -0.05) is 18.2 Å². The van der Waals surface area contributed by atoms with E-state index in [1.807, 2.05) is 62.6 Å². The van der Waals surface area contributed by atoms with E-state index in [2.05, 4.69) is 18.7 Å². The number of hydrogen-bond acceptors (Lipinski definition) is 3. The van der Waals surface area contributed by atoms with Crippen LogP contribution in [0.3, 0.4) is 0 Å². The highest BCUT2D eigenvalue weighted by atomic mass is 16.5. The topological polar surface area (TPSA) is 29.5 Å². The van der Waals surface area contributed by atoms with Crippen molar-refractivity contribution in [3.8, 4) is 5.75 Å². The number of rotatable bonds is 4. The number of hydrogen-bond donors (Lipinski definition) is 0. The fourth-order valence-corrected chi connectivity index (χ4v) is 2.96. The first kappa shape index (κ1) is 17.3. The van der Waals surface area contributed by atoms with E-state index in [0.717, 1.165) is 35.4 Å². The molecule has 0 saturated carbocycles. The van der Waals surface area contributed by atoms with Gasteiger partial charge in [-0.25, -0.2) is 0 Å². The Balaban J connectivity index is 1.73. The zero-order valence-electron chi connectivity index (χ0n) is 15.4. The first-order valence-corrected chi connectivity index (χ1v) is 8.66. The van der Waals surface area contributed by atoms with Crippen LogP contribution in [0.5, 0.6) is 5.75 Å². The summed E-state index contributed by atoms with van der Waals surface area (Å²) in [6.07, 6.45) is 5.41. The molecular weight excluding hydrogens is 310 g/mol. The molecule has 25 heavy (non-hydrogen) atoms. The smallest absolute Gasteiger partial charge is 0.185 e. The third-order valence-corrected chi connectivity index (χ3v) is 4.56. The van der Waals surface area contributed by atoms with Crippen LogP contribution < -0.4 is 9.64 Å². The summed E-state index contributed by atoms with van der Waals surface area (Å²) in [7, 11) is 4.02. The number of nitrogens with zero attached hydrogens (tertiary/aromatic N) is 1. The van der Waals surface area contributed by atoms with Gasteiger partial charge >= 0.3 is 0 Å². The van der Waals surface area contributed by atoms with Gasteiger partial charge in [0.15, 0.2) is 5.78 Å². The monoisotopic (exact) mass is 335 g/mol. The molecule has 1 heterocycles. The zero-order valence-corrected chi connectivity index (χ0v) is 15.4. The van der Waals surface area contributed by atoms with E-state index in [4.69, 9.17) is 4.74 Å². The van der Waals surface area contributed by atoms with Crippen LogP contribution in [0.15, 0.2) is 48.5 Å². The van der Waals surface area contributed by atoms with Gasteiger partial charge in [0.2, 0.25) is 0 Å². The number of anilines is 1. The molecule has 3 rings (SSSR count). The van der Waals surface area contributed by atoms with E-state index < -0.39 is 0 Å². The molecule has 0 amide bonds. The van der Waals surface area contributed by atoms with Gasteiger partial charge in [0.25, 0.3) is 0 Å². The van der Waals surface area contributed by atoms with Crippen LogP contribution >= 0.6 is 0 Å². The molecule has 1 aliphatic rings. The molecular formula is C22H25NO2. The normalized spacial score (nSPS) is 15.5. The molecule has 0 N–H and O–H groups in total. The van der Waals surface area contributed by atoms with Gasteiger partial charge in [0, 0.05) is 25.3 Å². The summed E-state index contributed by atoms with van der Waals surface area (Å²) in [5.74, 6) is 0.917. The maximum absolute atomic E-state index is 12.5. The summed E-state index contributed by atoms with van der Waals surface area (Å²) >= 11 is 0. The fourth-order valence-electron chi connectivity index (χ4n) is 2.96. The summed E-state index contributed by atoms with van der Waals surface area (Å²) in [5.41, 5.74) is 3.86. The van der Waals surface area contributed by atoms with E-state index in [9.17, 15) is 4.79 Å². The average Bonchev–Trinajstić information content (AvgIpc) is 2.58. The molecule has 0 saturated heterocycles. The second-order valence-corrected chi connectivity index (χ2v) is 7.37. The van der Waals surface area contributed by atoms with Crippen molar-refractivity contribution in [3.05, 3.63) is 65.2 Å². The predicted molar refractivity (Wildman–Crippen MR) is 104 cm³/mol. The Kier molecular flexibility index (Phi) is 4.67. The second-order valence-electron chi connectivity index (χ2n) is 7.37. The molecule has 0 fully saturated rings. The molecule has 1 aliphatic heterocycles. The third kappa shape index (κ3) is 4.11. The molecule has 2 aromatic carbocycles. The number of ether oxygens (including phenoxy) is 1. The summed E-state index contributed by atoms with van der Waals surface area (Å²) in [4.78, 5) is 14.5. The van der Waals surface area contributed by atoms with E-state index in [1.54, 1.807) is 6.08 Å². The predicted octanol–water partition coefficient (Wildman–Crippen LogP) is 4.75. The minimum Gasteiger partial charge on any atom is -0.488 e. The molecule has 0 aliphatic carbocycles. The fraction of sp³-hybridized carbons (Fsp3) is 0.318. The highest BCUT2D eigenvalue weighted by molar-refractivity contribution is 6.07. The molecule has 0 radical (unpaired) electrons. The maximum Gasteiger partial charge on any atom is 0.185 e. The Hall–Kier alpha value is -2.55. The quantitative estimate of drug-likeness (QED) is 0.596. The van der Waals surface area contributed by atoms with Crippen molar-refractivity contribution in [1.82, 2.24) is 0 Å². The van der Waals surface area contributed by atoms with E-state index in [1.165, 1.54) is 0 Å². The number of allylic oxidation sites excluding steroid dienone is 1. The van der Waals surface area contributed by atoms with Crippen molar-refractivity contribution in [2.24, 2.45) is 0 Å². The van der Waals surface area contributed by atoms with Gasteiger partial charge in [0.1, 0.15) is 11.4 Å². The molecule has 130 valence electrons.